The first-order valence-corrected chi connectivity index (χ1v) is 23.3. The Morgan fingerprint density at radius 2 is 0.881 bits per heavy atom. The zero-order chi connectivity index (χ0) is 44.6. The number of aromatic nitrogens is 1. The second-order valence-corrected chi connectivity index (χ2v) is 18.6. The van der Waals surface area contributed by atoms with Crippen molar-refractivity contribution >= 4 is 60.4 Å². The highest BCUT2D eigenvalue weighted by Gasteiger charge is 2.36. The summed E-state index contributed by atoms with van der Waals surface area (Å²) >= 11 is 0. The monoisotopic (exact) mass is 854 g/mol. The molecule has 1 aliphatic rings. The molecule has 0 saturated heterocycles. The molecular weight excluding hydrogens is 809 g/mol. The Hall–Kier alpha value is -8.46. The van der Waals surface area contributed by atoms with E-state index in [9.17, 15) is 0 Å². The van der Waals surface area contributed by atoms with Gasteiger partial charge in [0.15, 0.2) is 0 Å². The molecule has 0 radical (unpaired) electrons. The average Bonchev–Trinajstić information content (AvgIpc) is 3.83. The van der Waals surface area contributed by atoms with Gasteiger partial charge in [0, 0.05) is 38.9 Å². The molecule has 0 amide bonds. The molecule has 1 heterocycles. The topological polar surface area (TPSA) is 8.17 Å². The van der Waals surface area contributed by atoms with E-state index in [0.29, 0.717) is 0 Å². The molecule has 12 aromatic rings. The van der Waals surface area contributed by atoms with Gasteiger partial charge in [0.2, 0.25) is 0 Å². The molecule has 67 heavy (non-hydrogen) atoms. The fourth-order valence-electron chi connectivity index (χ4n) is 11.0. The third-order valence-corrected chi connectivity index (χ3v) is 14.4. The van der Waals surface area contributed by atoms with Gasteiger partial charge in [-0.2, -0.15) is 0 Å². The number of fused-ring (bicyclic) bond motifs is 8. The quantitative estimate of drug-likeness (QED) is 0.155. The van der Waals surface area contributed by atoms with Crippen LogP contribution in [-0.2, 0) is 5.41 Å². The van der Waals surface area contributed by atoms with Crippen LogP contribution in [0.2, 0.25) is 0 Å². The maximum Gasteiger partial charge on any atom is 0.0541 e. The number of rotatable bonds is 7. The molecule has 0 aliphatic heterocycles. The van der Waals surface area contributed by atoms with Gasteiger partial charge in [-0.1, -0.05) is 184 Å². The average molecular weight is 855 g/mol. The van der Waals surface area contributed by atoms with Crippen LogP contribution in [0.25, 0.3) is 93.5 Å². The van der Waals surface area contributed by atoms with Crippen molar-refractivity contribution in [3.63, 3.8) is 0 Å². The van der Waals surface area contributed by atoms with Crippen LogP contribution in [-0.4, -0.2) is 4.57 Å². The lowest BCUT2D eigenvalue weighted by molar-refractivity contribution is 0.660. The predicted octanol–water partition coefficient (Wildman–Crippen LogP) is 17.9. The highest BCUT2D eigenvalue weighted by atomic mass is 15.1. The highest BCUT2D eigenvalue weighted by Crippen LogP contribution is 2.52. The van der Waals surface area contributed by atoms with Gasteiger partial charge in [-0.15, -0.1) is 0 Å². The summed E-state index contributed by atoms with van der Waals surface area (Å²) in [4.78, 5) is 2.44. The van der Waals surface area contributed by atoms with Crippen LogP contribution in [0.4, 0.5) is 17.1 Å². The van der Waals surface area contributed by atoms with Crippen molar-refractivity contribution in [2.45, 2.75) is 19.3 Å². The molecule has 316 valence electrons. The molecule has 13 rings (SSSR count). The number of hydrogen-bond acceptors (Lipinski definition) is 1. The minimum Gasteiger partial charge on any atom is -0.310 e. The SMILES string of the molecule is CC1(C)c2cc(N(c3ccc(-c4cccc5ccccc45)cc3)c3ccc4ccc(-c5ccccc5)cc4c3)ccc2-c2ccc(-n3c4ccccc4c4cc(-c5ccccc5)ccc43)cc21. The van der Waals surface area contributed by atoms with Crippen molar-refractivity contribution in [3.05, 3.63) is 254 Å². The summed E-state index contributed by atoms with van der Waals surface area (Å²) in [5.74, 6) is 0. The van der Waals surface area contributed by atoms with Crippen molar-refractivity contribution in [1.29, 1.82) is 0 Å². The fraction of sp³-hybridized carbons (Fsp3) is 0.0462. The largest absolute Gasteiger partial charge is 0.310 e. The Labute approximate surface area is 391 Å². The summed E-state index contributed by atoms with van der Waals surface area (Å²) in [5.41, 5.74) is 19.3. The number of hydrogen-bond donors (Lipinski definition) is 0. The van der Waals surface area contributed by atoms with E-state index in [1.54, 1.807) is 0 Å². The smallest absolute Gasteiger partial charge is 0.0541 e. The summed E-state index contributed by atoms with van der Waals surface area (Å²) in [7, 11) is 0. The van der Waals surface area contributed by atoms with Crippen LogP contribution in [0, 0.1) is 0 Å². The summed E-state index contributed by atoms with van der Waals surface area (Å²) in [6.07, 6.45) is 0. The van der Waals surface area contributed by atoms with Crippen LogP contribution in [0.1, 0.15) is 25.0 Å². The first-order chi connectivity index (χ1) is 33.0. The normalized spacial score (nSPS) is 12.7. The maximum atomic E-state index is 2.46. The van der Waals surface area contributed by atoms with Crippen LogP contribution in [0.5, 0.6) is 0 Å². The molecule has 0 saturated carbocycles. The van der Waals surface area contributed by atoms with Crippen LogP contribution < -0.4 is 4.90 Å². The van der Waals surface area contributed by atoms with Crippen molar-refractivity contribution < 1.29 is 0 Å². The van der Waals surface area contributed by atoms with E-state index in [0.717, 1.165) is 17.1 Å². The van der Waals surface area contributed by atoms with Crippen LogP contribution in [0.3, 0.4) is 0 Å². The summed E-state index contributed by atoms with van der Waals surface area (Å²) in [6.45, 7) is 4.79. The Kier molecular flexibility index (Phi) is 8.91. The third-order valence-electron chi connectivity index (χ3n) is 14.4. The van der Waals surface area contributed by atoms with E-state index in [2.05, 4.69) is 266 Å². The Balaban J connectivity index is 0.927. The summed E-state index contributed by atoms with van der Waals surface area (Å²) in [5, 5.41) is 7.46. The van der Waals surface area contributed by atoms with Gasteiger partial charge in [-0.05, 0) is 150 Å². The van der Waals surface area contributed by atoms with E-state index in [-0.39, 0.29) is 5.41 Å². The van der Waals surface area contributed by atoms with Gasteiger partial charge in [0.25, 0.3) is 0 Å². The molecule has 0 spiro atoms. The molecule has 11 aromatic carbocycles. The molecule has 2 heteroatoms. The van der Waals surface area contributed by atoms with Crippen LogP contribution in [0.15, 0.2) is 243 Å². The molecule has 2 nitrogen and oxygen atoms in total. The number of para-hydroxylation sites is 1. The third kappa shape index (κ3) is 6.40. The lowest BCUT2D eigenvalue weighted by atomic mass is 9.82. The summed E-state index contributed by atoms with van der Waals surface area (Å²) in [6, 6.07) is 89.5. The molecule has 0 fully saturated rings. The van der Waals surface area contributed by atoms with Gasteiger partial charge in [0.05, 0.1) is 11.0 Å². The fourth-order valence-corrected chi connectivity index (χ4v) is 11.0. The van der Waals surface area contributed by atoms with E-state index in [1.165, 1.54) is 105 Å². The van der Waals surface area contributed by atoms with Gasteiger partial charge < -0.3 is 9.47 Å². The van der Waals surface area contributed by atoms with E-state index in [4.69, 9.17) is 0 Å². The van der Waals surface area contributed by atoms with Crippen LogP contribution >= 0.6 is 0 Å². The summed E-state index contributed by atoms with van der Waals surface area (Å²) < 4.78 is 2.46. The zero-order valence-electron chi connectivity index (χ0n) is 37.5. The minimum absolute atomic E-state index is 0.256. The van der Waals surface area contributed by atoms with Gasteiger partial charge in [-0.3, -0.25) is 0 Å². The second-order valence-electron chi connectivity index (χ2n) is 18.6. The van der Waals surface area contributed by atoms with Crippen molar-refractivity contribution in [1.82, 2.24) is 4.57 Å². The van der Waals surface area contributed by atoms with Gasteiger partial charge in [0.1, 0.15) is 0 Å². The lowest BCUT2D eigenvalue weighted by Gasteiger charge is -2.28. The van der Waals surface area contributed by atoms with Crippen molar-refractivity contribution in [2.75, 3.05) is 4.90 Å². The molecule has 1 aliphatic carbocycles. The second kappa shape index (κ2) is 15.3. The first kappa shape index (κ1) is 39.0. The first-order valence-electron chi connectivity index (χ1n) is 23.3. The molecule has 0 unspecified atom stereocenters. The minimum atomic E-state index is -0.256. The number of nitrogens with zero attached hydrogens (tertiary/aromatic N) is 2. The van der Waals surface area contributed by atoms with Gasteiger partial charge in [-0.25, -0.2) is 0 Å². The Morgan fingerprint density at radius 1 is 0.313 bits per heavy atom. The molecule has 1 aromatic heterocycles. The predicted molar refractivity (Wildman–Crippen MR) is 284 cm³/mol. The maximum absolute atomic E-state index is 2.46. The molecule has 0 N–H and O–H groups in total. The molecule has 0 bridgehead atoms. The highest BCUT2D eigenvalue weighted by molar-refractivity contribution is 6.10. The molecule has 0 atom stereocenters. The van der Waals surface area contributed by atoms with E-state index >= 15 is 0 Å². The van der Waals surface area contributed by atoms with E-state index in [1.807, 2.05) is 0 Å². The van der Waals surface area contributed by atoms with Gasteiger partial charge >= 0.3 is 0 Å². The molecular formula is C65H46N2. The van der Waals surface area contributed by atoms with Crippen molar-refractivity contribution in [2.24, 2.45) is 0 Å². The Bertz CT molecular complexity index is 3870. The zero-order valence-corrected chi connectivity index (χ0v) is 37.5. The number of anilines is 3. The standard InChI is InChI=1S/C65H46N2/c1-65(2)61-41-53(33-35-57(61)58-36-34-54(42-62(58)65)67-63-23-12-11-21-59(63)60-40-49(29-37-64(60)67)44-16-7-4-8-17-44)66(51-30-27-47(28-31-51)56-22-13-19-46-18-9-10-20-55(46)56)52-32-26-45-24-25-48(38-50(45)39-52)43-14-5-3-6-15-43/h3-42H,1-2H3. The Morgan fingerprint density at radius 3 is 1.67 bits per heavy atom. The van der Waals surface area contributed by atoms with E-state index < -0.39 is 0 Å². The lowest BCUT2D eigenvalue weighted by Crippen LogP contribution is -2.17. The number of benzene rings is 11. The van der Waals surface area contributed by atoms with Crippen molar-refractivity contribution in [3.8, 4) is 50.2 Å².